The molecule has 2 aliphatic rings. The quantitative estimate of drug-likeness (QED) is 0.769. The number of aromatic nitrogens is 2. The number of piperidine rings is 1. The summed E-state index contributed by atoms with van der Waals surface area (Å²) < 4.78 is 24.9. The standard InChI is InChI=1S/C20H25N5O3S/c1-14-6-4-5-7-17(14)25-13-16-12-21-18(22-19(16)23(2)20(25)26)15-8-10-24(11-9-15)29(3,27)28/h4-7,12,15H,8-11,13H2,1-3H3. The van der Waals surface area contributed by atoms with E-state index in [9.17, 15) is 13.2 Å². The van der Waals surface area contributed by atoms with Crippen molar-refractivity contribution in [3.63, 3.8) is 0 Å². The Bertz CT molecular complexity index is 1050. The lowest BCUT2D eigenvalue weighted by atomic mass is 9.97. The number of anilines is 2. The van der Waals surface area contributed by atoms with Gasteiger partial charge < -0.3 is 0 Å². The Morgan fingerprint density at radius 1 is 1.14 bits per heavy atom. The van der Waals surface area contributed by atoms with E-state index in [1.54, 1.807) is 23.0 Å². The molecule has 0 atom stereocenters. The zero-order valence-electron chi connectivity index (χ0n) is 16.9. The van der Waals surface area contributed by atoms with Crippen LogP contribution in [-0.2, 0) is 16.6 Å². The van der Waals surface area contributed by atoms with Crippen molar-refractivity contribution in [1.82, 2.24) is 14.3 Å². The Balaban J connectivity index is 1.58. The molecular weight excluding hydrogens is 390 g/mol. The van der Waals surface area contributed by atoms with Gasteiger partial charge in [0.1, 0.15) is 11.6 Å². The summed E-state index contributed by atoms with van der Waals surface area (Å²) in [5.41, 5.74) is 2.81. The second-order valence-electron chi connectivity index (χ2n) is 7.73. The highest BCUT2D eigenvalue weighted by molar-refractivity contribution is 7.88. The number of aryl methyl sites for hydroxylation is 1. The zero-order chi connectivity index (χ0) is 20.8. The molecule has 0 saturated carbocycles. The summed E-state index contributed by atoms with van der Waals surface area (Å²) in [6.07, 6.45) is 4.40. The van der Waals surface area contributed by atoms with Gasteiger partial charge in [-0.25, -0.2) is 27.5 Å². The van der Waals surface area contributed by atoms with Crippen molar-refractivity contribution in [3.05, 3.63) is 47.4 Å². The molecule has 0 radical (unpaired) electrons. The maximum atomic E-state index is 13.0. The van der Waals surface area contributed by atoms with Gasteiger partial charge in [-0.2, -0.15) is 0 Å². The molecule has 0 unspecified atom stereocenters. The number of urea groups is 1. The number of nitrogens with zero attached hydrogens (tertiary/aromatic N) is 5. The van der Waals surface area contributed by atoms with Crippen LogP contribution in [0.5, 0.6) is 0 Å². The third-order valence-electron chi connectivity index (χ3n) is 5.72. The first-order valence-corrected chi connectivity index (χ1v) is 11.5. The van der Waals surface area contributed by atoms with Crippen LogP contribution in [0.25, 0.3) is 0 Å². The second kappa shape index (κ2) is 7.38. The van der Waals surface area contributed by atoms with Gasteiger partial charge in [0.25, 0.3) is 0 Å². The summed E-state index contributed by atoms with van der Waals surface area (Å²) in [5, 5.41) is 0. The molecule has 9 heteroatoms. The first kappa shape index (κ1) is 19.8. The van der Waals surface area contributed by atoms with E-state index in [-0.39, 0.29) is 11.9 Å². The molecule has 1 aromatic carbocycles. The maximum absolute atomic E-state index is 13.0. The number of benzene rings is 1. The van der Waals surface area contributed by atoms with Gasteiger partial charge in [-0.3, -0.25) is 9.80 Å². The van der Waals surface area contributed by atoms with E-state index in [1.807, 2.05) is 31.2 Å². The van der Waals surface area contributed by atoms with E-state index >= 15 is 0 Å². The van der Waals surface area contributed by atoms with E-state index in [2.05, 4.69) is 4.98 Å². The first-order chi connectivity index (χ1) is 13.8. The molecule has 154 valence electrons. The Morgan fingerprint density at radius 2 is 1.83 bits per heavy atom. The molecule has 29 heavy (non-hydrogen) atoms. The average Bonchev–Trinajstić information content (AvgIpc) is 2.70. The predicted octanol–water partition coefficient (Wildman–Crippen LogP) is 2.50. The van der Waals surface area contributed by atoms with Crippen LogP contribution in [0.4, 0.5) is 16.3 Å². The minimum Gasteiger partial charge on any atom is -0.289 e. The molecule has 0 N–H and O–H groups in total. The molecule has 1 fully saturated rings. The monoisotopic (exact) mass is 415 g/mol. The fourth-order valence-electron chi connectivity index (χ4n) is 4.02. The first-order valence-electron chi connectivity index (χ1n) is 9.67. The summed E-state index contributed by atoms with van der Waals surface area (Å²) in [4.78, 5) is 25.6. The van der Waals surface area contributed by atoms with Crippen LogP contribution >= 0.6 is 0 Å². The maximum Gasteiger partial charge on any atom is 0.330 e. The van der Waals surface area contributed by atoms with Crippen molar-refractivity contribution in [2.45, 2.75) is 32.2 Å². The van der Waals surface area contributed by atoms with Crippen molar-refractivity contribution >= 4 is 27.6 Å². The molecule has 0 aliphatic carbocycles. The fourth-order valence-corrected chi connectivity index (χ4v) is 4.89. The number of fused-ring (bicyclic) bond motifs is 1. The van der Waals surface area contributed by atoms with Crippen LogP contribution in [0.1, 0.15) is 35.7 Å². The molecule has 8 nitrogen and oxygen atoms in total. The van der Waals surface area contributed by atoms with Crippen LogP contribution in [0.2, 0.25) is 0 Å². The lowest BCUT2D eigenvalue weighted by molar-refractivity contribution is 0.251. The third-order valence-corrected chi connectivity index (χ3v) is 7.02. The van der Waals surface area contributed by atoms with Crippen LogP contribution < -0.4 is 9.80 Å². The highest BCUT2D eigenvalue weighted by atomic mass is 32.2. The van der Waals surface area contributed by atoms with Crippen molar-refractivity contribution < 1.29 is 13.2 Å². The molecule has 0 spiro atoms. The zero-order valence-corrected chi connectivity index (χ0v) is 17.7. The summed E-state index contributed by atoms with van der Waals surface area (Å²) in [5.74, 6) is 1.41. The minimum atomic E-state index is -3.16. The SMILES string of the molecule is Cc1ccccc1N1Cc2cnc(C3CCN(S(C)(=O)=O)CC3)nc2N(C)C1=O. The van der Waals surface area contributed by atoms with Gasteiger partial charge in [0.15, 0.2) is 0 Å². The molecule has 3 heterocycles. The van der Waals surface area contributed by atoms with Gasteiger partial charge in [-0.15, -0.1) is 0 Å². The van der Waals surface area contributed by atoms with Crippen molar-refractivity contribution in [2.75, 3.05) is 36.2 Å². The van der Waals surface area contributed by atoms with Crippen LogP contribution in [0, 0.1) is 6.92 Å². The highest BCUT2D eigenvalue weighted by Crippen LogP contribution is 2.33. The molecule has 4 rings (SSSR count). The fraction of sp³-hybridized carbons (Fsp3) is 0.450. The number of carbonyl (C=O) groups is 1. The Labute approximate surface area is 171 Å². The number of rotatable bonds is 3. The Morgan fingerprint density at radius 3 is 2.48 bits per heavy atom. The van der Waals surface area contributed by atoms with E-state index in [4.69, 9.17) is 4.98 Å². The molecule has 2 aromatic rings. The summed E-state index contributed by atoms with van der Waals surface area (Å²) in [6.45, 7) is 3.36. The van der Waals surface area contributed by atoms with Gasteiger partial charge in [0.05, 0.1) is 12.8 Å². The van der Waals surface area contributed by atoms with Gasteiger partial charge in [-0.05, 0) is 31.4 Å². The van der Waals surface area contributed by atoms with Gasteiger partial charge in [0, 0.05) is 43.5 Å². The van der Waals surface area contributed by atoms with Crippen LogP contribution in [0.3, 0.4) is 0 Å². The molecular formula is C20H25N5O3S. The predicted molar refractivity (Wildman–Crippen MR) is 112 cm³/mol. The van der Waals surface area contributed by atoms with E-state index < -0.39 is 10.0 Å². The number of amides is 2. The third kappa shape index (κ3) is 3.72. The highest BCUT2D eigenvalue weighted by Gasteiger charge is 2.33. The molecule has 1 aromatic heterocycles. The minimum absolute atomic E-state index is 0.0937. The van der Waals surface area contributed by atoms with E-state index in [0.29, 0.717) is 44.1 Å². The number of sulfonamides is 1. The summed E-state index contributed by atoms with van der Waals surface area (Å²) in [6, 6.07) is 7.68. The topological polar surface area (TPSA) is 86.7 Å². The summed E-state index contributed by atoms with van der Waals surface area (Å²) >= 11 is 0. The number of hydrogen-bond acceptors (Lipinski definition) is 5. The summed E-state index contributed by atoms with van der Waals surface area (Å²) in [7, 11) is -1.43. The smallest absolute Gasteiger partial charge is 0.289 e. The average molecular weight is 416 g/mol. The van der Waals surface area contributed by atoms with Gasteiger partial charge >= 0.3 is 6.03 Å². The van der Waals surface area contributed by atoms with Gasteiger partial charge in [-0.1, -0.05) is 18.2 Å². The Kier molecular flexibility index (Phi) is 5.04. The number of hydrogen-bond donors (Lipinski definition) is 0. The van der Waals surface area contributed by atoms with Crippen LogP contribution in [-0.4, -0.2) is 55.1 Å². The molecule has 2 aliphatic heterocycles. The number of carbonyl (C=O) groups excluding carboxylic acids is 1. The second-order valence-corrected chi connectivity index (χ2v) is 9.71. The normalized spacial score (nSPS) is 18.8. The number of para-hydroxylation sites is 1. The van der Waals surface area contributed by atoms with E-state index in [1.165, 1.54) is 10.6 Å². The van der Waals surface area contributed by atoms with Crippen molar-refractivity contribution in [3.8, 4) is 0 Å². The van der Waals surface area contributed by atoms with Crippen LogP contribution in [0.15, 0.2) is 30.5 Å². The van der Waals surface area contributed by atoms with Crippen molar-refractivity contribution in [2.24, 2.45) is 0 Å². The Hall–Kier alpha value is -2.52. The van der Waals surface area contributed by atoms with Crippen molar-refractivity contribution in [1.29, 1.82) is 0 Å². The van der Waals surface area contributed by atoms with E-state index in [0.717, 1.165) is 16.8 Å². The largest absolute Gasteiger partial charge is 0.330 e. The molecule has 0 bridgehead atoms. The molecule has 1 saturated heterocycles. The molecule has 2 amide bonds. The van der Waals surface area contributed by atoms with Gasteiger partial charge in [0.2, 0.25) is 10.0 Å². The lowest BCUT2D eigenvalue weighted by Gasteiger charge is -2.35. The lowest BCUT2D eigenvalue weighted by Crippen LogP contribution is -2.46.